The van der Waals surface area contributed by atoms with E-state index in [1.807, 2.05) is 0 Å². The molecule has 0 atom stereocenters. The number of aliphatic carboxylic acids is 4. The highest BCUT2D eigenvalue weighted by molar-refractivity contribution is 6.27. The summed E-state index contributed by atoms with van der Waals surface area (Å²) in [5.41, 5.74) is 0. The molecule has 0 aliphatic carbocycles. The monoisotopic (exact) mass is 562 g/mol. The molecule has 230 valence electrons. The molecule has 0 saturated carbocycles. The van der Waals surface area contributed by atoms with E-state index < -0.39 is 23.9 Å². The van der Waals surface area contributed by atoms with Crippen molar-refractivity contribution in [1.29, 1.82) is 0 Å². The van der Waals surface area contributed by atoms with Crippen molar-refractivity contribution in [3.63, 3.8) is 0 Å². The van der Waals surface area contributed by atoms with Gasteiger partial charge in [0.1, 0.15) is 6.10 Å². The van der Waals surface area contributed by atoms with E-state index in [-0.39, 0.29) is 12.1 Å². The molecule has 0 heterocycles. The zero-order valence-corrected chi connectivity index (χ0v) is 24.5. The quantitative estimate of drug-likeness (QED) is 0.0642. The smallest absolute Gasteiger partial charge is 0.414 e. The van der Waals surface area contributed by atoms with Crippen LogP contribution in [0, 0.1) is 0 Å². The molecule has 0 fully saturated rings. The predicted molar refractivity (Wildman–Crippen MR) is 150 cm³/mol. The van der Waals surface area contributed by atoms with Crippen LogP contribution in [0.2, 0.25) is 0 Å². The van der Waals surface area contributed by atoms with E-state index in [9.17, 15) is 4.79 Å². The van der Waals surface area contributed by atoms with Gasteiger partial charge in [-0.3, -0.25) is 4.79 Å². The zero-order chi connectivity index (χ0) is 30.3. The summed E-state index contributed by atoms with van der Waals surface area (Å²) in [5.74, 6) is -7.25. The van der Waals surface area contributed by atoms with E-state index in [2.05, 4.69) is 20.8 Å². The molecule has 0 aromatic carbocycles. The van der Waals surface area contributed by atoms with E-state index in [0.29, 0.717) is 6.42 Å². The number of esters is 1. The van der Waals surface area contributed by atoms with Gasteiger partial charge in [0.25, 0.3) is 0 Å². The molecular weight excluding hydrogens is 508 g/mol. The first kappa shape index (κ1) is 40.8. The van der Waals surface area contributed by atoms with Crippen LogP contribution in [0.5, 0.6) is 0 Å². The van der Waals surface area contributed by atoms with Crippen LogP contribution in [0.15, 0.2) is 0 Å². The van der Waals surface area contributed by atoms with Crippen LogP contribution in [-0.2, 0) is 28.7 Å². The van der Waals surface area contributed by atoms with Crippen LogP contribution in [0.3, 0.4) is 0 Å². The summed E-state index contributed by atoms with van der Waals surface area (Å²) >= 11 is 0. The maximum absolute atomic E-state index is 12.2. The highest BCUT2D eigenvalue weighted by atomic mass is 16.5. The third-order valence-electron chi connectivity index (χ3n) is 5.91. The molecule has 39 heavy (non-hydrogen) atoms. The number of unbranched alkanes of at least 4 members (excludes halogenated alkanes) is 14. The second-order valence-electron chi connectivity index (χ2n) is 9.61. The van der Waals surface area contributed by atoms with Gasteiger partial charge in [0.15, 0.2) is 0 Å². The molecule has 0 spiro atoms. The number of carbonyl (C=O) groups excluding carboxylic acids is 1. The van der Waals surface area contributed by atoms with Crippen LogP contribution in [0.25, 0.3) is 0 Å². The van der Waals surface area contributed by atoms with Gasteiger partial charge in [-0.15, -0.1) is 0 Å². The third-order valence-corrected chi connectivity index (χ3v) is 5.91. The van der Waals surface area contributed by atoms with Crippen molar-refractivity contribution in [2.24, 2.45) is 0 Å². The van der Waals surface area contributed by atoms with Gasteiger partial charge >= 0.3 is 29.8 Å². The molecule has 0 amide bonds. The summed E-state index contributed by atoms with van der Waals surface area (Å²) in [6.07, 6.45) is 24.6. The number of ether oxygens (including phenoxy) is 1. The molecule has 0 unspecified atom stereocenters. The van der Waals surface area contributed by atoms with Crippen LogP contribution in [-0.4, -0.2) is 56.4 Å². The van der Waals surface area contributed by atoms with Crippen molar-refractivity contribution in [3.8, 4) is 0 Å². The Bertz CT molecular complexity index is 570. The second-order valence-corrected chi connectivity index (χ2v) is 9.61. The summed E-state index contributed by atoms with van der Waals surface area (Å²) in [5, 5.41) is 29.6. The lowest BCUT2D eigenvalue weighted by Crippen LogP contribution is -2.18. The van der Waals surface area contributed by atoms with Gasteiger partial charge in [-0.1, -0.05) is 111 Å². The van der Waals surface area contributed by atoms with Crippen molar-refractivity contribution < 1.29 is 49.1 Å². The Labute approximate surface area is 234 Å². The lowest BCUT2D eigenvalue weighted by molar-refractivity contribution is -0.159. The van der Waals surface area contributed by atoms with Crippen LogP contribution < -0.4 is 0 Å². The fourth-order valence-corrected chi connectivity index (χ4v) is 3.68. The molecule has 10 nitrogen and oxygen atoms in total. The zero-order valence-electron chi connectivity index (χ0n) is 24.5. The average molecular weight is 563 g/mol. The Hall–Kier alpha value is -2.65. The second kappa shape index (κ2) is 31.6. The standard InChI is InChI=1S/C25H50O2.2C2H2O4/c1-4-7-10-13-16-18-21-24(22-19-17-14-11-8-5-2)27-25(26)23-20-15-12-9-6-3;2*3-1(4)2(5)6/h24H,4-23H2,1-3H3;2*(H,3,4)(H,5,6). The van der Waals surface area contributed by atoms with E-state index >= 15 is 0 Å². The minimum absolute atomic E-state index is 0.0495. The number of hydrogen-bond acceptors (Lipinski definition) is 6. The normalized spacial score (nSPS) is 10.1. The van der Waals surface area contributed by atoms with Crippen LogP contribution in [0.4, 0.5) is 0 Å². The number of hydrogen-bond donors (Lipinski definition) is 4. The highest BCUT2D eigenvalue weighted by Crippen LogP contribution is 2.18. The van der Waals surface area contributed by atoms with E-state index in [4.69, 9.17) is 44.3 Å². The SMILES string of the molecule is CCCCCCCCC(CCCCCCCC)OC(=O)CCCCCCC.O=C(O)C(=O)O.O=C(O)C(=O)O. The van der Waals surface area contributed by atoms with E-state index in [1.54, 1.807) is 0 Å². The van der Waals surface area contributed by atoms with Gasteiger partial charge < -0.3 is 25.2 Å². The molecule has 0 bridgehead atoms. The fraction of sp³-hybridized carbons (Fsp3) is 0.828. The Morgan fingerprint density at radius 3 is 1.05 bits per heavy atom. The van der Waals surface area contributed by atoms with Crippen molar-refractivity contribution >= 4 is 29.8 Å². The van der Waals surface area contributed by atoms with Gasteiger partial charge in [-0.25, -0.2) is 19.2 Å². The maximum atomic E-state index is 12.2. The molecule has 0 rings (SSSR count). The molecule has 4 N–H and O–H groups in total. The van der Waals surface area contributed by atoms with Gasteiger partial charge in [-0.2, -0.15) is 0 Å². The molecule has 0 aromatic rings. The lowest BCUT2D eigenvalue weighted by Gasteiger charge is -2.18. The first-order valence-electron chi connectivity index (χ1n) is 14.6. The topological polar surface area (TPSA) is 176 Å². The molecular formula is C29H54O10. The predicted octanol–water partition coefficient (Wildman–Crippen LogP) is 7.07. The minimum Gasteiger partial charge on any atom is -0.473 e. The largest absolute Gasteiger partial charge is 0.473 e. The van der Waals surface area contributed by atoms with Gasteiger partial charge in [-0.05, 0) is 32.1 Å². The highest BCUT2D eigenvalue weighted by Gasteiger charge is 2.14. The first-order chi connectivity index (χ1) is 18.5. The van der Waals surface area contributed by atoms with Crippen molar-refractivity contribution in [1.82, 2.24) is 0 Å². The first-order valence-corrected chi connectivity index (χ1v) is 14.6. The molecule has 0 radical (unpaired) electrons. The Morgan fingerprint density at radius 1 is 0.462 bits per heavy atom. The number of carboxylic acid groups (broad SMARTS) is 4. The molecule has 0 aliphatic heterocycles. The Morgan fingerprint density at radius 2 is 0.744 bits per heavy atom. The molecule has 0 aromatic heterocycles. The third kappa shape index (κ3) is 37.6. The van der Waals surface area contributed by atoms with Crippen LogP contribution >= 0.6 is 0 Å². The van der Waals surface area contributed by atoms with Crippen molar-refractivity contribution in [2.45, 2.75) is 155 Å². The molecule has 0 saturated heterocycles. The van der Waals surface area contributed by atoms with Gasteiger partial charge in [0.2, 0.25) is 0 Å². The number of carboxylic acids is 4. The summed E-state index contributed by atoms with van der Waals surface area (Å²) in [7, 11) is 0. The summed E-state index contributed by atoms with van der Waals surface area (Å²) < 4.78 is 5.87. The average Bonchev–Trinajstić information content (AvgIpc) is 2.88. The van der Waals surface area contributed by atoms with E-state index in [0.717, 1.165) is 19.3 Å². The maximum Gasteiger partial charge on any atom is 0.414 e. The van der Waals surface area contributed by atoms with Crippen molar-refractivity contribution in [2.75, 3.05) is 0 Å². The number of carbonyl (C=O) groups is 5. The molecule has 10 heteroatoms. The Kier molecular flexibility index (Phi) is 33.1. The lowest BCUT2D eigenvalue weighted by atomic mass is 10.0. The number of rotatable bonds is 21. The van der Waals surface area contributed by atoms with Crippen molar-refractivity contribution in [3.05, 3.63) is 0 Å². The van der Waals surface area contributed by atoms with Gasteiger partial charge in [0.05, 0.1) is 0 Å². The summed E-state index contributed by atoms with van der Waals surface area (Å²) in [6, 6.07) is 0. The summed E-state index contributed by atoms with van der Waals surface area (Å²) in [4.78, 5) is 48.6. The Balaban J connectivity index is -0.000000889. The summed E-state index contributed by atoms with van der Waals surface area (Å²) in [6.45, 7) is 6.75. The van der Waals surface area contributed by atoms with Crippen LogP contribution in [0.1, 0.15) is 149 Å². The van der Waals surface area contributed by atoms with Gasteiger partial charge in [0, 0.05) is 6.42 Å². The minimum atomic E-state index is -1.82. The van der Waals surface area contributed by atoms with E-state index in [1.165, 1.54) is 103 Å². The fourth-order valence-electron chi connectivity index (χ4n) is 3.68. The molecule has 0 aliphatic rings.